The molecule has 6 nitrogen and oxygen atoms in total. The maximum absolute atomic E-state index is 13.4. The molecule has 3 amide bonds. The molecule has 0 N–H and O–H groups in total. The van der Waals surface area contributed by atoms with Crippen LogP contribution in [-0.4, -0.2) is 41.8 Å². The Hall–Kier alpha value is -2.37. The third-order valence-corrected chi connectivity index (χ3v) is 8.14. The number of benzene rings is 1. The Morgan fingerprint density at radius 2 is 1.66 bits per heavy atom. The van der Waals surface area contributed by atoms with E-state index in [0.717, 1.165) is 29.9 Å². The van der Waals surface area contributed by atoms with E-state index in [0.29, 0.717) is 18.8 Å². The maximum atomic E-state index is 13.4. The number of carbonyl (C=O) groups is 3. The van der Waals surface area contributed by atoms with E-state index in [9.17, 15) is 14.4 Å². The summed E-state index contributed by atoms with van der Waals surface area (Å²) in [6.45, 7) is 4.83. The molecule has 32 heavy (non-hydrogen) atoms. The van der Waals surface area contributed by atoms with Crippen LogP contribution in [0.1, 0.15) is 65.2 Å². The quantitative estimate of drug-likeness (QED) is 0.599. The smallest absolute Gasteiger partial charge is 0.257 e. The van der Waals surface area contributed by atoms with Crippen molar-refractivity contribution in [2.45, 2.75) is 71.3 Å². The minimum Gasteiger partial charge on any atom is -0.494 e. The van der Waals surface area contributed by atoms with Gasteiger partial charge in [-0.3, -0.25) is 14.4 Å². The van der Waals surface area contributed by atoms with Gasteiger partial charge in [0.25, 0.3) is 5.91 Å². The summed E-state index contributed by atoms with van der Waals surface area (Å²) < 4.78 is 5.61. The Kier molecular flexibility index (Phi) is 5.50. The predicted molar refractivity (Wildman–Crippen MR) is 121 cm³/mol. The molecule has 4 saturated carbocycles. The van der Waals surface area contributed by atoms with Crippen LogP contribution in [0.4, 0.5) is 5.69 Å². The van der Waals surface area contributed by atoms with Crippen molar-refractivity contribution in [2.24, 2.45) is 23.2 Å². The first-order valence-electron chi connectivity index (χ1n) is 12.2. The molecule has 5 aliphatic rings. The molecule has 6 heteroatoms. The van der Waals surface area contributed by atoms with Gasteiger partial charge in [-0.15, -0.1) is 0 Å². The molecule has 4 bridgehead atoms. The highest BCUT2D eigenvalue weighted by Gasteiger charge is 2.53. The lowest BCUT2D eigenvalue weighted by Crippen LogP contribution is -2.55. The van der Waals surface area contributed by atoms with Gasteiger partial charge in [-0.25, -0.2) is 4.90 Å². The first kappa shape index (κ1) is 21.5. The second kappa shape index (κ2) is 8.20. The molecule has 0 spiro atoms. The van der Waals surface area contributed by atoms with Gasteiger partial charge in [-0.2, -0.15) is 0 Å². The van der Waals surface area contributed by atoms with Crippen LogP contribution in [0.5, 0.6) is 5.75 Å². The predicted octanol–water partition coefficient (Wildman–Crippen LogP) is 4.17. The van der Waals surface area contributed by atoms with Crippen molar-refractivity contribution in [3.63, 3.8) is 0 Å². The summed E-state index contributed by atoms with van der Waals surface area (Å²) in [7, 11) is 0. The van der Waals surface area contributed by atoms with Gasteiger partial charge in [0.05, 0.1) is 18.7 Å². The number of ether oxygens (including phenoxy) is 1. The lowest BCUT2D eigenvalue weighted by atomic mass is 9.49. The molecule has 5 fully saturated rings. The number of rotatable bonds is 7. The van der Waals surface area contributed by atoms with Crippen molar-refractivity contribution in [3.05, 3.63) is 24.3 Å². The molecule has 1 aliphatic heterocycles. The topological polar surface area (TPSA) is 66.9 Å². The standard InChI is InChI=1S/C26H34N2O4/c1-3-8-32-22-6-4-21(5-7-22)28-24(30)12-23(25(28)31)27(17(2)29)16-26-13-18-9-19(14-26)11-20(10-18)15-26/h4-7,18-20,23H,3,8-16H2,1-2H3/t18?,19?,20?,23-,26?/m0/s1. The van der Waals surface area contributed by atoms with Crippen LogP contribution >= 0.6 is 0 Å². The van der Waals surface area contributed by atoms with E-state index in [1.807, 2.05) is 6.92 Å². The third kappa shape index (κ3) is 3.82. The monoisotopic (exact) mass is 438 g/mol. The number of hydrogen-bond donors (Lipinski definition) is 0. The number of anilines is 1. The van der Waals surface area contributed by atoms with E-state index < -0.39 is 6.04 Å². The second-order valence-corrected chi connectivity index (χ2v) is 10.7. The highest BCUT2D eigenvalue weighted by molar-refractivity contribution is 6.23. The zero-order valence-corrected chi connectivity index (χ0v) is 19.2. The fourth-order valence-electron chi connectivity index (χ4n) is 7.33. The van der Waals surface area contributed by atoms with E-state index in [1.165, 1.54) is 43.4 Å². The number of hydrogen-bond acceptors (Lipinski definition) is 4. The zero-order chi connectivity index (χ0) is 22.5. The molecule has 1 aromatic carbocycles. The normalized spacial score (nSPS) is 33.1. The van der Waals surface area contributed by atoms with Crippen LogP contribution in [0, 0.1) is 23.2 Å². The average molecular weight is 439 g/mol. The van der Waals surface area contributed by atoms with Crippen molar-refractivity contribution in [1.29, 1.82) is 0 Å². The largest absolute Gasteiger partial charge is 0.494 e. The summed E-state index contributed by atoms with van der Waals surface area (Å²) in [5.74, 6) is 2.44. The zero-order valence-electron chi connectivity index (χ0n) is 19.2. The average Bonchev–Trinajstić information content (AvgIpc) is 3.03. The molecular formula is C26H34N2O4. The van der Waals surface area contributed by atoms with Crippen molar-refractivity contribution in [3.8, 4) is 5.75 Å². The summed E-state index contributed by atoms with van der Waals surface area (Å²) in [4.78, 5) is 42.0. The summed E-state index contributed by atoms with van der Waals surface area (Å²) >= 11 is 0. The van der Waals surface area contributed by atoms with Crippen LogP contribution in [-0.2, 0) is 14.4 Å². The molecule has 1 saturated heterocycles. The number of nitrogens with zero attached hydrogens (tertiary/aromatic N) is 2. The molecular weight excluding hydrogens is 404 g/mol. The molecule has 4 aliphatic carbocycles. The SMILES string of the molecule is CCCOc1ccc(N2C(=O)C[C@H](N(CC34CC5CC(CC(C5)C3)C4)C(C)=O)C2=O)cc1. The molecule has 1 atom stereocenters. The first-order chi connectivity index (χ1) is 15.4. The van der Waals surface area contributed by atoms with Gasteiger partial charge in [0, 0.05) is 13.5 Å². The van der Waals surface area contributed by atoms with Gasteiger partial charge in [0.2, 0.25) is 11.8 Å². The molecule has 1 heterocycles. The van der Waals surface area contributed by atoms with Crippen LogP contribution in [0.25, 0.3) is 0 Å². The van der Waals surface area contributed by atoms with Gasteiger partial charge >= 0.3 is 0 Å². The Labute approximate surface area is 190 Å². The lowest BCUT2D eigenvalue weighted by Gasteiger charge is -2.58. The fraction of sp³-hybridized carbons (Fsp3) is 0.654. The highest BCUT2D eigenvalue weighted by atomic mass is 16.5. The van der Waals surface area contributed by atoms with Gasteiger partial charge in [0.15, 0.2) is 0 Å². The fourth-order valence-corrected chi connectivity index (χ4v) is 7.33. The highest BCUT2D eigenvalue weighted by Crippen LogP contribution is 2.60. The van der Waals surface area contributed by atoms with E-state index in [-0.39, 0.29) is 29.6 Å². The number of amides is 3. The van der Waals surface area contributed by atoms with Crippen LogP contribution in [0.2, 0.25) is 0 Å². The van der Waals surface area contributed by atoms with Crippen LogP contribution < -0.4 is 9.64 Å². The Balaban J connectivity index is 1.33. The van der Waals surface area contributed by atoms with Crippen LogP contribution in [0.15, 0.2) is 24.3 Å². The Morgan fingerprint density at radius 3 is 2.19 bits per heavy atom. The van der Waals surface area contributed by atoms with Gasteiger partial charge in [-0.05, 0) is 92.4 Å². The van der Waals surface area contributed by atoms with E-state index in [2.05, 4.69) is 0 Å². The van der Waals surface area contributed by atoms with E-state index >= 15 is 0 Å². The Morgan fingerprint density at radius 1 is 1.06 bits per heavy atom. The van der Waals surface area contributed by atoms with Crippen molar-refractivity contribution in [2.75, 3.05) is 18.1 Å². The summed E-state index contributed by atoms with van der Waals surface area (Å²) in [5.41, 5.74) is 0.680. The van der Waals surface area contributed by atoms with Gasteiger partial charge in [-0.1, -0.05) is 6.92 Å². The molecule has 1 aromatic rings. The molecule has 6 rings (SSSR count). The lowest BCUT2D eigenvalue weighted by molar-refractivity contribution is -0.143. The van der Waals surface area contributed by atoms with Crippen molar-refractivity contribution < 1.29 is 19.1 Å². The van der Waals surface area contributed by atoms with Crippen LogP contribution in [0.3, 0.4) is 0 Å². The first-order valence-corrected chi connectivity index (χ1v) is 12.2. The van der Waals surface area contributed by atoms with E-state index in [1.54, 1.807) is 36.1 Å². The van der Waals surface area contributed by atoms with E-state index in [4.69, 9.17) is 4.74 Å². The minimum absolute atomic E-state index is 0.0683. The number of carbonyl (C=O) groups excluding carboxylic acids is 3. The molecule has 0 unspecified atom stereocenters. The summed E-state index contributed by atoms with van der Waals surface area (Å²) in [6.07, 6.45) is 8.50. The van der Waals surface area contributed by atoms with Gasteiger partial charge < -0.3 is 9.64 Å². The molecule has 0 aromatic heterocycles. The maximum Gasteiger partial charge on any atom is 0.257 e. The summed E-state index contributed by atoms with van der Waals surface area (Å²) in [6, 6.07) is 6.39. The second-order valence-electron chi connectivity index (χ2n) is 10.7. The van der Waals surface area contributed by atoms with Gasteiger partial charge in [0.1, 0.15) is 11.8 Å². The van der Waals surface area contributed by atoms with Crippen molar-refractivity contribution >= 4 is 23.4 Å². The Bertz CT molecular complexity index is 874. The molecule has 172 valence electrons. The number of imide groups is 1. The molecule has 0 radical (unpaired) electrons. The minimum atomic E-state index is -0.691. The van der Waals surface area contributed by atoms with Crippen molar-refractivity contribution in [1.82, 2.24) is 4.90 Å². The summed E-state index contributed by atoms with van der Waals surface area (Å²) in [5, 5.41) is 0. The third-order valence-electron chi connectivity index (χ3n) is 8.14.